The maximum Gasteiger partial charge on any atom is 0.257 e. The molecule has 0 spiro atoms. The van der Waals surface area contributed by atoms with Crippen molar-refractivity contribution < 1.29 is 9.18 Å². The zero-order chi connectivity index (χ0) is 13.0. The van der Waals surface area contributed by atoms with Crippen molar-refractivity contribution in [2.24, 2.45) is 0 Å². The first kappa shape index (κ1) is 13.0. The number of carbonyl (C=O) groups is 1. The van der Waals surface area contributed by atoms with E-state index in [0.717, 1.165) is 10.1 Å². The van der Waals surface area contributed by atoms with Crippen LogP contribution >= 0.6 is 23.1 Å². The zero-order valence-electron chi connectivity index (χ0n) is 9.51. The lowest BCUT2D eigenvalue weighted by Gasteiger charge is -2.00. The number of rotatable bonds is 4. The first-order valence-electron chi connectivity index (χ1n) is 5.22. The third-order valence-electron chi connectivity index (χ3n) is 2.00. The smallest absolute Gasteiger partial charge is 0.257 e. The van der Waals surface area contributed by atoms with Gasteiger partial charge in [-0.1, -0.05) is 30.0 Å². The van der Waals surface area contributed by atoms with Crippen LogP contribution in [0.1, 0.15) is 17.3 Å². The molecule has 1 aromatic heterocycles. The van der Waals surface area contributed by atoms with E-state index in [1.54, 1.807) is 11.8 Å². The summed E-state index contributed by atoms with van der Waals surface area (Å²) in [5.74, 6) is 0.212. The van der Waals surface area contributed by atoms with Gasteiger partial charge in [-0.2, -0.15) is 0 Å². The average molecular weight is 283 g/mol. The predicted octanol–water partition coefficient (Wildman–Crippen LogP) is 3.04. The second-order valence-electron chi connectivity index (χ2n) is 3.27. The number of carbonyl (C=O) groups excluding carboxylic acids is 1. The highest BCUT2D eigenvalue weighted by Gasteiger charge is 2.10. The van der Waals surface area contributed by atoms with E-state index in [1.807, 2.05) is 6.92 Å². The van der Waals surface area contributed by atoms with E-state index in [0.29, 0.717) is 10.7 Å². The van der Waals surface area contributed by atoms with Gasteiger partial charge in [0.15, 0.2) is 4.34 Å². The molecule has 18 heavy (non-hydrogen) atoms. The monoisotopic (exact) mass is 283 g/mol. The number of nitrogens with zero attached hydrogens (tertiary/aromatic N) is 2. The van der Waals surface area contributed by atoms with Gasteiger partial charge < -0.3 is 0 Å². The number of hydrogen-bond acceptors (Lipinski definition) is 5. The Labute approximate surface area is 112 Å². The van der Waals surface area contributed by atoms with Crippen molar-refractivity contribution >= 4 is 34.1 Å². The molecule has 0 aliphatic rings. The van der Waals surface area contributed by atoms with Crippen LogP contribution in [0.4, 0.5) is 9.52 Å². The fourth-order valence-corrected chi connectivity index (χ4v) is 2.86. The molecule has 0 aliphatic carbocycles. The van der Waals surface area contributed by atoms with Crippen LogP contribution in [0.15, 0.2) is 28.6 Å². The third-order valence-corrected chi connectivity index (χ3v) is 3.86. The van der Waals surface area contributed by atoms with Crippen LogP contribution in [0, 0.1) is 5.82 Å². The maximum absolute atomic E-state index is 12.7. The predicted molar refractivity (Wildman–Crippen MR) is 70.7 cm³/mol. The van der Waals surface area contributed by atoms with E-state index in [9.17, 15) is 9.18 Å². The van der Waals surface area contributed by atoms with E-state index in [4.69, 9.17) is 0 Å². The van der Waals surface area contributed by atoms with E-state index in [1.165, 1.54) is 35.6 Å². The Balaban J connectivity index is 2.04. The second-order valence-corrected chi connectivity index (χ2v) is 5.76. The molecular weight excluding hydrogens is 273 g/mol. The van der Waals surface area contributed by atoms with Gasteiger partial charge in [0, 0.05) is 5.56 Å². The summed E-state index contributed by atoms with van der Waals surface area (Å²) in [5.41, 5.74) is 0.385. The Morgan fingerprint density at radius 1 is 1.39 bits per heavy atom. The summed E-state index contributed by atoms with van der Waals surface area (Å²) >= 11 is 2.88. The second kappa shape index (κ2) is 5.92. The number of halogens is 1. The maximum atomic E-state index is 12.7. The largest absolute Gasteiger partial charge is 0.296 e. The molecule has 2 rings (SSSR count). The number of aromatic nitrogens is 2. The minimum Gasteiger partial charge on any atom is -0.296 e. The molecule has 1 heterocycles. The van der Waals surface area contributed by atoms with Gasteiger partial charge in [-0.25, -0.2) is 4.39 Å². The van der Waals surface area contributed by atoms with Gasteiger partial charge in [0.05, 0.1) is 0 Å². The molecule has 0 radical (unpaired) electrons. The first-order valence-corrected chi connectivity index (χ1v) is 7.02. The Kier molecular flexibility index (Phi) is 4.27. The summed E-state index contributed by atoms with van der Waals surface area (Å²) in [4.78, 5) is 11.8. The van der Waals surface area contributed by atoms with E-state index in [2.05, 4.69) is 15.5 Å². The molecule has 1 amide bonds. The van der Waals surface area contributed by atoms with Crippen molar-refractivity contribution in [2.45, 2.75) is 11.3 Å². The highest BCUT2D eigenvalue weighted by atomic mass is 32.2. The van der Waals surface area contributed by atoms with Crippen molar-refractivity contribution in [1.82, 2.24) is 10.2 Å². The molecule has 0 aliphatic heterocycles. The molecule has 7 heteroatoms. The highest BCUT2D eigenvalue weighted by Crippen LogP contribution is 2.25. The van der Waals surface area contributed by atoms with Crippen molar-refractivity contribution in [3.05, 3.63) is 35.6 Å². The van der Waals surface area contributed by atoms with Crippen LogP contribution in [0.25, 0.3) is 0 Å². The number of amides is 1. The lowest BCUT2D eigenvalue weighted by atomic mass is 10.2. The van der Waals surface area contributed by atoms with Crippen molar-refractivity contribution in [2.75, 3.05) is 11.1 Å². The van der Waals surface area contributed by atoms with Crippen LogP contribution < -0.4 is 5.32 Å². The summed E-state index contributed by atoms with van der Waals surface area (Å²) in [6.07, 6.45) is 0. The fourth-order valence-electron chi connectivity index (χ4n) is 1.21. The molecule has 94 valence electrons. The molecule has 0 saturated carbocycles. The number of thioether (sulfide) groups is 1. The molecule has 0 fully saturated rings. The van der Waals surface area contributed by atoms with E-state index in [-0.39, 0.29) is 11.7 Å². The standard InChI is InChI=1S/C11H10FN3OS2/c1-2-17-11-15-14-10(18-11)13-9(16)7-3-5-8(12)6-4-7/h3-6H,2H2,1H3,(H,13,14,16). The van der Waals surface area contributed by atoms with Crippen LogP contribution in [0.2, 0.25) is 0 Å². The van der Waals surface area contributed by atoms with E-state index < -0.39 is 0 Å². The fraction of sp³-hybridized carbons (Fsp3) is 0.182. The normalized spacial score (nSPS) is 10.3. The Morgan fingerprint density at radius 3 is 2.78 bits per heavy atom. The van der Waals surface area contributed by atoms with Crippen molar-refractivity contribution in [3.8, 4) is 0 Å². The molecule has 0 unspecified atom stereocenters. The molecule has 0 atom stereocenters. The number of nitrogens with one attached hydrogen (secondary N) is 1. The average Bonchev–Trinajstić information content (AvgIpc) is 2.78. The number of benzene rings is 1. The lowest BCUT2D eigenvalue weighted by Crippen LogP contribution is -2.11. The molecule has 1 N–H and O–H groups in total. The summed E-state index contributed by atoms with van der Waals surface area (Å²) < 4.78 is 13.5. The molecular formula is C11H10FN3OS2. The van der Waals surface area contributed by atoms with Crippen LogP contribution in [0.5, 0.6) is 0 Å². The summed E-state index contributed by atoms with van der Waals surface area (Å²) in [6.45, 7) is 2.02. The number of hydrogen-bond donors (Lipinski definition) is 1. The summed E-state index contributed by atoms with van der Waals surface area (Å²) in [5, 5.41) is 10.9. The van der Waals surface area contributed by atoms with Crippen LogP contribution in [-0.2, 0) is 0 Å². The zero-order valence-corrected chi connectivity index (χ0v) is 11.1. The van der Waals surface area contributed by atoms with E-state index >= 15 is 0 Å². The molecule has 4 nitrogen and oxygen atoms in total. The lowest BCUT2D eigenvalue weighted by molar-refractivity contribution is 0.102. The molecule has 0 bridgehead atoms. The highest BCUT2D eigenvalue weighted by molar-refractivity contribution is 8.01. The minimum absolute atomic E-state index is 0.320. The van der Waals surface area contributed by atoms with Gasteiger partial charge in [0.1, 0.15) is 5.82 Å². The number of anilines is 1. The van der Waals surface area contributed by atoms with Crippen molar-refractivity contribution in [3.63, 3.8) is 0 Å². The van der Waals surface area contributed by atoms with Crippen molar-refractivity contribution in [1.29, 1.82) is 0 Å². The topological polar surface area (TPSA) is 54.9 Å². The summed E-state index contributed by atoms with van der Waals surface area (Å²) in [7, 11) is 0. The van der Waals surface area contributed by atoms with Gasteiger partial charge >= 0.3 is 0 Å². The SMILES string of the molecule is CCSc1nnc(NC(=O)c2ccc(F)cc2)s1. The minimum atomic E-state index is -0.371. The molecule has 1 aromatic carbocycles. The van der Waals surface area contributed by atoms with Crippen LogP contribution in [-0.4, -0.2) is 21.9 Å². The van der Waals surface area contributed by atoms with Crippen LogP contribution in [0.3, 0.4) is 0 Å². The quantitative estimate of drug-likeness (QED) is 0.692. The molecule has 2 aromatic rings. The Hall–Kier alpha value is -1.47. The van der Waals surface area contributed by atoms with Gasteiger partial charge in [0.2, 0.25) is 5.13 Å². The third kappa shape index (κ3) is 3.27. The molecule has 0 saturated heterocycles. The Bertz CT molecular complexity index is 541. The van der Waals surface area contributed by atoms with Gasteiger partial charge in [0.25, 0.3) is 5.91 Å². The Morgan fingerprint density at radius 2 is 2.11 bits per heavy atom. The first-order chi connectivity index (χ1) is 8.69. The van der Waals surface area contributed by atoms with Gasteiger partial charge in [-0.15, -0.1) is 10.2 Å². The summed E-state index contributed by atoms with van der Waals surface area (Å²) in [6, 6.07) is 5.33. The van der Waals surface area contributed by atoms with Gasteiger partial charge in [-0.3, -0.25) is 10.1 Å². The van der Waals surface area contributed by atoms with Gasteiger partial charge in [-0.05, 0) is 30.0 Å².